The molecule has 0 N–H and O–H groups in total. The molecule has 0 bridgehead atoms. The molecule has 2 aliphatic heterocycles. The molecule has 1 unspecified atom stereocenters. The number of fused-ring (bicyclic) bond motifs is 1. The third-order valence-corrected chi connectivity index (χ3v) is 6.37. The fourth-order valence-corrected chi connectivity index (χ4v) is 4.84. The number of aryl methyl sites for hydroxylation is 2. The van der Waals surface area contributed by atoms with Gasteiger partial charge in [0.25, 0.3) is 5.56 Å². The minimum absolute atomic E-state index is 0.0553. The minimum atomic E-state index is 0.0553. The summed E-state index contributed by atoms with van der Waals surface area (Å²) < 4.78 is 3.65. The Morgan fingerprint density at radius 1 is 1.40 bits per heavy atom. The highest BCUT2D eigenvalue weighted by molar-refractivity contribution is 7.98. The van der Waals surface area contributed by atoms with Crippen LogP contribution in [0, 0.1) is 0 Å². The van der Waals surface area contributed by atoms with Gasteiger partial charge in [0.15, 0.2) is 0 Å². The molecule has 2 aliphatic rings. The van der Waals surface area contributed by atoms with Crippen molar-refractivity contribution >= 4 is 11.8 Å². The highest BCUT2D eigenvalue weighted by Gasteiger charge is 2.26. The summed E-state index contributed by atoms with van der Waals surface area (Å²) in [7, 11) is 1.99. The molecule has 4 rings (SSSR count). The van der Waals surface area contributed by atoms with E-state index < -0.39 is 0 Å². The molecule has 25 heavy (non-hydrogen) atoms. The third-order valence-electron chi connectivity index (χ3n) is 5.37. The molecule has 0 aromatic carbocycles. The van der Waals surface area contributed by atoms with Crippen molar-refractivity contribution in [3.63, 3.8) is 0 Å². The molecular formula is C18H25N5OS. The van der Waals surface area contributed by atoms with E-state index in [-0.39, 0.29) is 5.56 Å². The first-order valence-electron chi connectivity index (χ1n) is 9.09. The monoisotopic (exact) mass is 359 g/mol. The Labute approximate surface area is 152 Å². The molecule has 1 atom stereocenters. The predicted molar refractivity (Wildman–Crippen MR) is 99.9 cm³/mol. The Hall–Kier alpha value is -1.60. The highest BCUT2D eigenvalue weighted by atomic mass is 32.2. The van der Waals surface area contributed by atoms with Crippen molar-refractivity contribution < 1.29 is 0 Å². The number of rotatable bonds is 5. The summed E-state index contributed by atoms with van der Waals surface area (Å²) in [5, 5.41) is 8.93. The number of hydrogen-bond acceptors (Lipinski definition) is 5. The van der Waals surface area contributed by atoms with E-state index in [9.17, 15) is 4.79 Å². The molecule has 134 valence electrons. The van der Waals surface area contributed by atoms with Crippen LogP contribution in [0.1, 0.15) is 29.8 Å². The van der Waals surface area contributed by atoms with E-state index in [0.717, 1.165) is 55.1 Å². The fourth-order valence-electron chi connectivity index (χ4n) is 3.88. The molecule has 0 spiro atoms. The average molecular weight is 359 g/mol. The largest absolute Gasteiger partial charge is 0.298 e. The highest BCUT2D eigenvalue weighted by Crippen LogP contribution is 2.22. The molecule has 0 radical (unpaired) electrons. The van der Waals surface area contributed by atoms with Crippen LogP contribution in [0.25, 0.3) is 0 Å². The van der Waals surface area contributed by atoms with Gasteiger partial charge in [-0.15, -0.1) is 0 Å². The van der Waals surface area contributed by atoms with E-state index in [1.54, 1.807) is 4.68 Å². The minimum Gasteiger partial charge on any atom is -0.298 e. The van der Waals surface area contributed by atoms with Crippen LogP contribution in [0.15, 0.2) is 23.1 Å². The first kappa shape index (κ1) is 16.8. The number of hydrogen-bond donors (Lipinski definition) is 0. The first-order valence-corrected chi connectivity index (χ1v) is 10.2. The van der Waals surface area contributed by atoms with Crippen LogP contribution in [-0.2, 0) is 32.2 Å². The summed E-state index contributed by atoms with van der Waals surface area (Å²) in [4.78, 5) is 14.9. The average Bonchev–Trinajstić information content (AvgIpc) is 3.22. The lowest BCUT2D eigenvalue weighted by Gasteiger charge is -2.25. The first-order chi connectivity index (χ1) is 12.2. The van der Waals surface area contributed by atoms with Crippen LogP contribution in [-0.4, -0.2) is 49.3 Å². The maximum Gasteiger partial charge on any atom is 0.267 e. The second-order valence-corrected chi connectivity index (χ2v) is 8.07. The molecule has 2 aromatic rings. The summed E-state index contributed by atoms with van der Waals surface area (Å²) in [6.07, 6.45) is 6.18. The van der Waals surface area contributed by atoms with Gasteiger partial charge in [0.1, 0.15) is 0 Å². The van der Waals surface area contributed by atoms with Gasteiger partial charge in [0.2, 0.25) is 0 Å². The maximum absolute atomic E-state index is 12.4. The Balaban J connectivity index is 1.44. The maximum atomic E-state index is 12.4. The molecule has 6 nitrogen and oxygen atoms in total. The fraction of sp³-hybridized carbons (Fsp3) is 0.611. The smallest absolute Gasteiger partial charge is 0.267 e. The van der Waals surface area contributed by atoms with Crippen molar-refractivity contribution in [1.29, 1.82) is 0 Å². The zero-order chi connectivity index (χ0) is 17.2. The van der Waals surface area contributed by atoms with Crippen molar-refractivity contribution in [2.24, 2.45) is 7.05 Å². The van der Waals surface area contributed by atoms with Crippen LogP contribution in [0.4, 0.5) is 0 Å². The molecule has 0 saturated carbocycles. The Bertz CT molecular complexity index is 799. The van der Waals surface area contributed by atoms with Crippen LogP contribution in [0.5, 0.6) is 0 Å². The van der Waals surface area contributed by atoms with Crippen molar-refractivity contribution in [3.05, 3.63) is 45.6 Å². The second-order valence-electron chi connectivity index (χ2n) is 6.97. The lowest BCUT2D eigenvalue weighted by atomic mass is 10.2. The van der Waals surface area contributed by atoms with Gasteiger partial charge in [-0.2, -0.15) is 22.0 Å². The quantitative estimate of drug-likeness (QED) is 0.809. The van der Waals surface area contributed by atoms with Gasteiger partial charge < -0.3 is 0 Å². The van der Waals surface area contributed by atoms with E-state index in [2.05, 4.69) is 21.2 Å². The van der Waals surface area contributed by atoms with Crippen LogP contribution < -0.4 is 5.56 Å². The molecule has 0 amide bonds. The number of aromatic nitrogens is 4. The summed E-state index contributed by atoms with van der Waals surface area (Å²) >= 11 is 1.89. The van der Waals surface area contributed by atoms with Gasteiger partial charge in [-0.25, -0.2) is 4.68 Å². The molecule has 0 aliphatic carbocycles. The zero-order valence-electron chi connectivity index (χ0n) is 14.7. The summed E-state index contributed by atoms with van der Waals surface area (Å²) in [6.45, 7) is 2.84. The van der Waals surface area contributed by atoms with Crippen LogP contribution >= 0.6 is 11.8 Å². The molecule has 1 fully saturated rings. The molecule has 1 saturated heterocycles. The normalized spacial score (nSPS) is 20.8. The number of likely N-dealkylation sites (tertiary alicyclic amines) is 1. The van der Waals surface area contributed by atoms with Crippen LogP contribution in [0.3, 0.4) is 0 Å². The van der Waals surface area contributed by atoms with Gasteiger partial charge in [-0.1, -0.05) is 0 Å². The van der Waals surface area contributed by atoms with Crippen LogP contribution in [0.2, 0.25) is 0 Å². The van der Waals surface area contributed by atoms with Gasteiger partial charge in [-0.3, -0.25) is 14.4 Å². The predicted octanol–water partition coefficient (Wildman–Crippen LogP) is 1.47. The van der Waals surface area contributed by atoms with Gasteiger partial charge in [-0.05, 0) is 36.8 Å². The van der Waals surface area contributed by atoms with E-state index in [0.29, 0.717) is 12.6 Å². The van der Waals surface area contributed by atoms with E-state index >= 15 is 0 Å². The third kappa shape index (κ3) is 3.67. The van der Waals surface area contributed by atoms with E-state index in [4.69, 9.17) is 0 Å². The Morgan fingerprint density at radius 2 is 2.32 bits per heavy atom. The number of thioether (sulfide) groups is 1. The Morgan fingerprint density at radius 3 is 3.16 bits per heavy atom. The Kier molecular flexibility index (Phi) is 4.94. The summed E-state index contributed by atoms with van der Waals surface area (Å²) in [6, 6.07) is 4.30. The SMILES string of the molecule is Cn1nccc1CCN1CCCC1Cn1nc2c(cc1=O)CSCC2. The summed E-state index contributed by atoms with van der Waals surface area (Å²) in [5.41, 5.74) is 3.57. The van der Waals surface area contributed by atoms with Crippen molar-refractivity contribution in [2.45, 2.75) is 44.0 Å². The molecule has 4 heterocycles. The lowest BCUT2D eigenvalue weighted by molar-refractivity contribution is 0.225. The van der Waals surface area contributed by atoms with E-state index in [1.165, 1.54) is 12.1 Å². The summed E-state index contributed by atoms with van der Waals surface area (Å²) in [5.74, 6) is 2.04. The lowest BCUT2D eigenvalue weighted by Crippen LogP contribution is -2.38. The molecular weight excluding hydrogens is 334 g/mol. The van der Waals surface area contributed by atoms with Gasteiger partial charge in [0, 0.05) is 56.2 Å². The van der Waals surface area contributed by atoms with Crippen molar-refractivity contribution in [3.8, 4) is 0 Å². The molecule has 2 aromatic heterocycles. The van der Waals surface area contributed by atoms with Crippen molar-refractivity contribution in [1.82, 2.24) is 24.5 Å². The molecule has 7 heteroatoms. The van der Waals surface area contributed by atoms with Crippen molar-refractivity contribution in [2.75, 3.05) is 18.8 Å². The van der Waals surface area contributed by atoms with Gasteiger partial charge >= 0.3 is 0 Å². The zero-order valence-corrected chi connectivity index (χ0v) is 15.5. The standard InChI is InChI=1S/C18H25N5OS/c1-21-15(4-7-19-21)5-9-22-8-2-3-16(22)12-23-18(24)11-14-13-25-10-6-17(14)20-23/h4,7,11,16H,2-3,5-6,8-10,12-13H2,1H3. The topological polar surface area (TPSA) is 56.0 Å². The number of nitrogens with zero attached hydrogens (tertiary/aromatic N) is 5. The second kappa shape index (κ2) is 7.33. The van der Waals surface area contributed by atoms with Gasteiger partial charge in [0.05, 0.1) is 12.2 Å². The van der Waals surface area contributed by atoms with E-state index in [1.807, 2.05) is 35.8 Å².